The third-order valence-corrected chi connectivity index (χ3v) is 4.62. The molecule has 7 heteroatoms. The number of nitrogens with zero attached hydrogens (tertiary/aromatic N) is 3. The van der Waals surface area contributed by atoms with E-state index in [1.807, 2.05) is 57.2 Å². The number of anilines is 1. The van der Waals surface area contributed by atoms with Gasteiger partial charge >= 0.3 is 0 Å². The van der Waals surface area contributed by atoms with E-state index in [1.54, 1.807) is 11.8 Å². The van der Waals surface area contributed by atoms with E-state index in [1.165, 1.54) is 0 Å². The van der Waals surface area contributed by atoms with Gasteiger partial charge in [-0.3, -0.25) is 4.79 Å². The van der Waals surface area contributed by atoms with Crippen molar-refractivity contribution in [3.8, 4) is 11.4 Å². The Hall–Kier alpha value is -2.67. The standard InChI is InChI=1S/C19H19BrN4O2/c1-11-9-14(20)10-12(2)17(11)21-19(25)18-13(3)24(23-22-18)15-5-7-16(26-4)8-6-15/h5-10H,1-4H3,(H,21,25). The van der Waals surface area contributed by atoms with Crippen LogP contribution in [0.3, 0.4) is 0 Å². The first-order valence-corrected chi connectivity index (χ1v) is 8.85. The molecule has 1 amide bonds. The van der Waals surface area contributed by atoms with Gasteiger partial charge in [0.1, 0.15) is 5.75 Å². The Labute approximate surface area is 160 Å². The average Bonchev–Trinajstić information content (AvgIpc) is 2.99. The first kappa shape index (κ1) is 18.1. The molecule has 0 bridgehead atoms. The van der Waals surface area contributed by atoms with E-state index >= 15 is 0 Å². The number of methoxy groups -OCH3 is 1. The van der Waals surface area contributed by atoms with Gasteiger partial charge in [-0.15, -0.1) is 5.10 Å². The molecular weight excluding hydrogens is 396 g/mol. The molecule has 1 aromatic heterocycles. The van der Waals surface area contributed by atoms with E-state index < -0.39 is 0 Å². The molecule has 1 heterocycles. The molecule has 26 heavy (non-hydrogen) atoms. The molecule has 0 aliphatic heterocycles. The summed E-state index contributed by atoms with van der Waals surface area (Å²) in [5, 5.41) is 11.1. The number of halogens is 1. The van der Waals surface area contributed by atoms with E-state index in [9.17, 15) is 4.79 Å². The molecule has 2 aromatic carbocycles. The zero-order valence-electron chi connectivity index (χ0n) is 15.0. The number of benzene rings is 2. The van der Waals surface area contributed by atoms with Crippen molar-refractivity contribution in [2.24, 2.45) is 0 Å². The van der Waals surface area contributed by atoms with Gasteiger partial charge in [0.2, 0.25) is 0 Å². The lowest BCUT2D eigenvalue weighted by atomic mass is 10.1. The minimum atomic E-state index is -0.282. The van der Waals surface area contributed by atoms with Gasteiger partial charge < -0.3 is 10.1 Å². The van der Waals surface area contributed by atoms with Gasteiger partial charge in [-0.05, 0) is 68.3 Å². The van der Waals surface area contributed by atoms with Crippen LogP contribution < -0.4 is 10.1 Å². The van der Waals surface area contributed by atoms with Crippen molar-refractivity contribution in [2.75, 3.05) is 12.4 Å². The maximum absolute atomic E-state index is 12.7. The Balaban J connectivity index is 1.88. The summed E-state index contributed by atoms with van der Waals surface area (Å²) in [6.45, 7) is 5.73. The van der Waals surface area contributed by atoms with Gasteiger partial charge in [-0.1, -0.05) is 21.1 Å². The number of aromatic nitrogens is 3. The van der Waals surface area contributed by atoms with Gasteiger partial charge in [-0.2, -0.15) is 0 Å². The number of hydrogen-bond acceptors (Lipinski definition) is 4. The Morgan fingerprint density at radius 1 is 1.12 bits per heavy atom. The molecule has 0 atom stereocenters. The molecule has 0 saturated carbocycles. The van der Waals surface area contributed by atoms with Crippen LogP contribution in [-0.4, -0.2) is 28.0 Å². The van der Waals surface area contributed by atoms with Gasteiger partial charge in [0, 0.05) is 10.2 Å². The van der Waals surface area contributed by atoms with Crippen LogP contribution in [0.5, 0.6) is 5.75 Å². The van der Waals surface area contributed by atoms with Gasteiger partial charge in [0.25, 0.3) is 5.91 Å². The van der Waals surface area contributed by atoms with Crippen LogP contribution in [0.25, 0.3) is 5.69 Å². The van der Waals surface area contributed by atoms with E-state index in [2.05, 4.69) is 31.6 Å². The predicted octanol–water partition coefficient (Wildman–Crippen LogP) is 4.22. The summed E-state index contributed by atoms with van der Waals surface area (Å²) in [4.78, 5) is 12.7. The first-order chi connectivity index (χ1) is 12.4. The average molecular weight is 415 g/mol. The first-order valence-electron chi connectivity index (χ1n) is 8.05. The Morgan fingerprint density at radius 3 is 2.31 bits per heavy atom. The topological polar surface area (TPSA) is 69.0 Å². The van der Waals surface area contributed by atoms with E-state index in [4.69, 9.17) is 4.74 Å². The van der Waals surface area contributed by atoms with Crippen molar-refractivity contribution in [3.05, 3.63) is 63.4 Å². The normalized spacial score (nSPS) is 10.7. The minimum Gasteiger partial charge on any atom is -0.497 e. The lowest BCUT2D eigenvalue weighted by Gasteiger charge is -2.12. The van der Waals surface area contributed by atoms with Crippen molar-refractivity contribution in [1.29, 1.82) is 0 Å². The van der Waals surface area contributed by atoms with E-state index in [-0.39, 0.29) is 5.91 Å². The fourth-order valence-electron chi connectivity index (χ4n) is 2.79. The van der Waals surface area contributed by atoms with Crippen molar-refractivity contribution in [1.82, 2.24) is 15.0 Å². The van der Waals surface area contributed by atoms with Crippen molar-refractivity contribution in [2.45, 2.75) is 20.8 Å². The summed E-state index contributed by atoms with van der Waals surface area (Å²) in [7, 11) is 1.62. The maximum atomic E-state index is 12.7. The SMILES string of the molecule is COc1ccc(-n2nnc(C(=O)Nc3c(C)cc(Br)cc3C)c2C)cc1. The number of carbonyl (C=O) groups excluding carboxylic acids is 1. The Morgan fingerprint density at radius 2 is 1.73 bits per heavy atom. The maximum Gasteiger partial charge on any atom is 0.278 e. The van der Waals surface area contributed by atoms with Crippen LogP contribution >= 0.6 is 15.9 Å². The molecule has 6 nitrogen and oxygen atoms in total. The predicted molar refractivity (Wildman–Crippen MR) is 104 cm³/mol. The summed E-state index contributed by atoms with van der Waals surface area (Å²) in [6.07, 6.45) is 0. The molecule has 0 radical (unpaired) electrons. The van der Waals surface area contributed by atoms with Gasteiger partial charge in [-0.25, -0.2) is 4.68 Å². The molecule has 3 rings (SSSR count). The second-order valence-electron chi connectivity index (χ2n) is 6.00. The smallest absolute Gasteiger partial charge is 0.278 e. The largest absolute Gasteiger partial charge is 0.497 e. The summed E-state index contributed by atoms with van der Waals surface area (Å²) in [6, 6.07) is 11.3. The van der Waals surface area contributed by atoms with Crippen molar-refractivity contribution < 1.29 is 9.53 Å². The second-order valence-corrected chi connectivity index (χ2v) is 6.92. The molecule has 3 aromatic rings. The van der Waals surface area contributed by atoms with Crippen LogP contribution in [0.15, 0.2) is 40.9 Å². The third kappa shape index (κ3) is 3.48. The Bertz CT molecular complexity index is 941. The van der Waals surface area contributed by atoms with Gasteiger partial charge in [0.05, 0.1) is 18.5 Å². The van der Waals surface area contributed by atoms with Crippen LogP contribution in [0.4, 0.5) is 5.69 Å². The quantitative estimate of drug-likeness (QED) is 0.693. The lowest BCUT2D eigenvalue weighted by Crippen LogP contribution is -2.16. The third-order valence-electron chi connectivity index (χ3n) is 4.16. The van der Waals surface area contributed by atoms with Crippen LogP contribution in [0.2, 0.25) is 0 Å². The van der Waals surface area contributed by atoms with Crippen LogP contribution in [-0.2, 0) is 0 Å². The number of rotatable bonds is 4. The van der Waals surface area contributed by atoms with E-state index in [0.29, 0.717) is 11.4 Å². The molecular formula is C19H19BrN4O2. The highest BCUT2D eigenvalue weighted by atomic mass is 79.9. The summed E-state index contributed by atoms with van der Waals surface area (Å²) in [5.74, 6) is 0.474. The molecule has 0 unspecified atom stereocenters. The molecule has 0 aliphatic rings. The number of ether oxygens (including phenoxy) is 1. The molecule has 0 aliphatic carbocycles. The monoisotopic (exact) mass is 414 g/mol. The highest BCUT2D eigenvalue weighted by Crippen LogP contribution is 2.26. The molecule has 1 N–H and O–H groups in total. The number of nitrogens with one attached hydrogen (secondary N) is 1. The lowest BCUT2D eigenvalue weighted by molar-refractivity contribution is 0.102. The van der Waals surface area contributed by atoms with Gasteiger partial charge in [0.15, 0.2) is 5.69 Å². The number of carbonyl (C=O) groups is 1. The minimum absolute atomic E-state index is 0.282. The molecule has 0 saturated heterocycles. The van der Waals surface area contributed by atoms with Crippen molar-refractivity contribution in [3.63, 3.8) is 0 Å². The van der Waals surface area contributed by atoms with Crippen LogP contribution in [0, 0.1) is 20.8 Å². The molecule has 0 spiro atoms. The molecule has 134 valence electrons. The van der Waals surface area contributed by atoms with Crippen LogP contribution in [0.1, 0.15) is 27.3 Å². The fraction of sp³-hybridized carbons (Fsp3) is 0.211. The van der Waals surface area contributed by atoms with E-state index in [0.717, 1.165) is 32.7 Å². The number of hydrogen-bond donors (Lipinski definition) is 1. The zero-order chi connectivity index (χ0) is 18.8. The fourth-order valence-corrected chi connectivity index (χ4v) is 3.47. The second kappa shape index (κ2) is 7.29. The Kier molecular flexibility index (Phi) is 5.08. The number of amides is 1. The highest BCUT2D eigenvalue weighted by molar-refractivity contribution is 9.10. The molecule has 0 fully saturated rings. The van der Waals surface area contributed by atoms with Crippen molar-refractivity contribution >= 4 is 27.5 Å². The highest BCUT2D eigenvalue weighted by Gasteiger charge is 2.19. The zero-order valence-corrected chi connectivity index (χ0v) is 16.6. The summed E-state index contributed by atoms with van der Waals surface area (Å²) in [5.41, 5.74) is 4.51. The summed E-state index contributed by atoms with van der Waals surface area (Å²) >= 11 is 3.46. The number of aryl methyl sites for hydroxylation is 2. The summed E-state index contributed by atoms with van der Waals surface area (Å²) < 4.78 is 7.78.